The van der Waals surface area contributed by atoms with Crippen LogP contribution in [-0.4, -0.2) is 38.8 Å². The molecule has 0 unspecified atom stereocenters. The Bertz CT molecular complexity index is 327. The Balaban J connectivity index is 2.57. The maximum absolute atomic E-state index is 8.85. The van der Waals surface area contributed by atoms with Gasteiger partial charge in [-0.1, -0.05) is 24.3 Å². The number of aryl methyl sites for hydroxylation is 1. The third-order valence-corrected chi connectivity index (χ3v) is 5.05. The summed E-state index contributed by atoms with van der Waals surface area (Å²) in [6.45, 7) is 0.184. The van der Waals surface area contributed by atoms with E-state index in [-0.39, 0.29) is 6.61 Å². The molecule has 1 aromatic rings. The molecule has 0 fully saturated rings. The van der Waals surface area contributed by atoms with Crippen molar-refractivity contribution >= 4 is 10.9 Å². The smallest absolute Gasteiger partial charge is 0.0882 e. The Kier molecular flexibility index (Phi) is 6.67. The predicted octanol–water partition coefficient (Wildman–Crippen LogP) is 2.25. The van der Waals surface area contributed by atoms with Gasteiger partial charge in [-0.15, -0.1) is 0 Å². The molecule has 0 atom stereocenters. The second-order valence-electron chi connectivity index (χ2n) is 3.80. The summed E-state index contributed by atoms with van der Waals surface area (Å²) in [6.07, 6.45) is 1.54. The quantitative estimate of drug-likeness (QED) is 0.790. The van der Waals surface area contributed by atoms with Crippen LogP contribution in [-0.2, 0) is 25.4 Å². The molecule has 0 aliphatic rings. The standard InChI is InChI=1S/C13H22O4S/c1-15-18(16-2,17-3)11-9-13-6-4-12(5-7-13)8-10-14/h4-7,14H,8-11H2,1-3H3. The highest BCUT2D eigenvalue weighted by molar-refractivity contribution is 8.21. The lowest BCUT2D eigenvalue weighted by atomic mass is 10.1. The average molecular weight is 274 g/mol. The van der Waals surface area contributed by atoms with E-state index < -0.39 is 10.9 Å². The van der Waals surface area contributed by atoms with Gasteiger partial charge in [0.05, 0.1) is 38.0 Å². The van der Waals surface area contributed by atoms with Crippen LogP contribution in [0.2, 0.25) is 0 Å². The molecule has 0 amide bonds. The van der Waals surface area contributed by atoms with Crippen molar-refractivity contribution in [1.29, 1.82) is 0 Å². The molecule has 0 aliphatic heterocycles. The first-order chi connectivity index (χ1) is 8.69. The average Bonchev–Trinajstić information content (AvgIpc) is 2.43. The van der Waals surface area contributed by atoms with E-state index in [4.69, 9.17) is 17.7 Å². The molecule has 0 aromatic heterocycles. The molecule has 0 heterocycles. The van der Waals surface area contributed by atoms with Crippen LogP contribution in [0, 0.1) is 0 Å². The normalized spacial score (nSPS) is 12.7. The van der Waals surface area contributed by atoms with Gasteiger partial charge in [0.2, 0.25) is 0 Å². The lowest BCUT2D eigenvalue weighted by molar-refractivity contribution is 0.248. The van der Waals surface area contributed by atoms with Crippen molar-refractivity contribution in [1.82, 2.24) is 0 Å². The Morgan fingerprint density at radius 2 is 1.33 bits per heavy atom. The summed E-state index contributed by atoms with van der Waals surface area (Å²) in [5, 5.41) is 8.85. The largest absolute Gasteiger partial charge is 0.396 e. The van der Waals surface area contributed by atoms with Gasteiger partial charge in [-0.25, -0.2) is 0 Å². The molecule has 1 N–H and O–H groups in total. The van der Waals surface area contributed by atoms with E-state index in [9.17, 15) is 0 Å². The summed E-state index contributed by atoms with van der Waals surface area (Å²) >= 11 is 0. The van der Waals surface area contributed by atoms with Gasteiger partial charge in [0.25, 0.3) is 0 Å². The number of hydrogen-bond acceptors (Lipinski definition) is 4. The lowest BCUT2D eigenvalue weighted by Gasteiger charge is -2.33. The van der Waals surface area contributed by atoms with Crippen LogP contribution < -0.4 is 0 Å². The summed E-state index contributed by atoms with van der Waals surface area (Å²) in [7, 11) is 2.94. The Hall–Kier alpha value is -0.590. The molecule has 0 spiro atoms. The maximum Gasteiger partial charge on any atom is 0.0882 e. The van der Waals surface area contributed by atoms with Crippen LogP contribution in [0.15, 0.2) is 24.3 Å². The van der Waals surface area contributed by atoms with Crippen LogP contribution in [0.4, 0.5) is 0 Å². The SMILES string of the molecule is COS(CCc1ccc(CCO)cc1)(OC)OC. The van der Waals surface area contributed by atoms with Crippen molar-refractivity contribution in [3.8, 4) is 0 Å². The molecule has 0 saturated carbocycles. The molecule has 0 radical (unpaired) electrons. The second-order valence-corrected chi connectivity index (χ2v) is 6.33. The first kappa shape index (κ1) is 15.5. The van der Waals surface area contributed by atoms with Gasteiger partial charge in [-0.05, 0) is 24.0 Å². The zero-order valence-electron chi connectivity index (χ0n) is 11.2. The fraction of sp³-hybridized carbons (Fsp3) is 0.538. The molecule has 0 saturated heterocycles. The van der Waals surface area contributed by atoms with Crippen LogP contribution >= 0.6 is 10.9 Å². The van der Waals surface area contributed by atoms with Crippen molar-refractivity contribution in [3.05, 3.63) is 35.4 Å². The van der Waals surface area contributed by atoms with E-state index in [1.165, 1.54) is 5.56 Å². The highest BCUT2D eigenvalue weighted by Gasteiger charge is 2.22. The number of aliphatic hydroxyl groups excluding tert-OH is 1. The van der Waals surface area contributed by atoms with Crippen molar-refractivity contribution < 1.29 is 17.7 Å². The first-order valence-electron chi connectivity index (χ1n) is 5.86. The van der Waals surface area contributed by atoms with Gasteiger partial charge in [0.1, 0.15) is 0 Å². The fourth-order valence-corrected chi connectivity index (χ4v) is 3.09. The van der Waals surface area contributed by atoms with Gasteiger partial charge in [0, 0.05) is 6.61 Å². The van der Waals surface area contributed by atoms with Crippen LogP contribution in [0.5, 0.6) is 0 Å². The van der Waals surface area contributed by atoms with Crippen LogP contribution in [0.1, 0.15) is 11.1 Å². The van der Waals surface area contributed by atoms with E-state index in [0.717, 1.165) is 12.0 Å². The fourth-order valence-electron chi connectivity index (χ4n) is 1.70. The summed E-state index contributed by atoms with van der Waals surface area (Å²) < 4.78 is 16.0. The minimum Gasteiger partial charge on any atom is -0.396 e. The first-order valence-corrected chi connectivity index (χ1v) is 7.44. The zero-order valence-corrected chi connectivity index (χ0v) is 12.0. The van der Waals surface area contributed by atoms with Gasteiger partial charge in [-0.3, -0.25) is 12.5 Å². The minimum atomic E-state index is -1.87. The minimum absolute atomic E-state index is 0.184. The predicted molar refractivity (Wildman–Crippen MR) is 74.4 cm³/mol. The Morgan fingerprint density at radius 1 is 0.889 bits per heavy atom. The third-order valence-electron chi connectivity index (χ3n) is 2.83. The number of rotatable bonds is 8. The molecular formula is C13H22O4S. The Morgan fingerprint density at radius 3 is 1.72 bits per heavy atom. The summed E-state index contributed by atoms with van der Waals surface area (Å²) in [4.78, 5) is 0. The number of benzene rings is 1. The molecule has 0 aliphatic carbocycles. The van der Waals surface area contributed by atoms with Crippen LogP contribution in [0.25, 0.3) is 0 Å². The van der Waals surface area contributed by atoms with Gasteiger partial charge < -0.3 is 5.11 Å². The molecule has 1 rings (SSSR count). The number of hydrogen-bond donors (Lipinski definition) is 1. The summed E-state index contributed by atoms with van der Waals surface area (Å²) in [5.74, 6) is 0.704. The lowest BCUT2D eigenvalue weighted by Crippen LogP contribution is -2.12. The molecule has 5 heteroatoms. The number of aliphatic hydroxyl groups is 1. The Labute approximate surface area is 111 Å². The van der Waals surface area contributed by atoms with E-state index >= 15 is 0 Å². The topological polar surface area (TPSA) is 47.9 Å². The van der Waals surface area contributed by atoms with Crippen molar-refractivity contribution in [3.63, 3.8) is 0 Å². The maximum atomic E-state index is 8.85. The second kappa shape index (κ2) is 7.76. The van der Waals surface area contributed by atoms with Gasteiger partial charge in [0.15, 0.2) is 0 Å². The highest BCUT2D eigenvalue weighted by atomic mass is 32.3. The van der Waals surface area contributed by atoms with E-state index in [1.807, 2.05) is 12.1 Å². The molecule has 4 nitrogen and oxygen atoms in total. The van der Waals surface area contributed by atoms with Gasteiger partial charge in [-0.2, -0.15) is 0 Å². The third kappa shape index (κ3) is 4.26. The molecule has 18 heavy (non-hydrogen) atoms. The van der Waals surface area contributed by atoms with E-state index in [1.54, 1.807) is 21.3 Å². The van der Waals surface area contributed by atoms with Gasteiger partial charge >= 0.3 is 0 Å². The molecule has 1 aromatic carbocycles. The molecular weight excluding hydrogens is 252 g/mol. The van der Waals surface area contributed by atoms with Crippen molar-refractivity contribution in [2.24, 2.45) is 0 Å². The molecule has 104 valence electrons. The zero-order chi connectivity index (χ0) is 13.4. The molecule has 0 bridgehead atoms. The van der Waals surface area contributed by atoms with Crippen molar-refractivity contribution in [2.45, 2.75) is 12.8 Å². The van der Waals surface area contributed by atoms with Crippen LogP contribution in [0.3, 0.4) is 0 Å². The van der Waals surface area contributed by atoms with E-state index in [0.29, 0.717) is 12.2 Å². The summed E-state index contributed by atoms with van der Waals surface area (Å²) in [6, 6.07) is 8.20. The monoisotopic (exact) mass is 274 g/mol. The highest BCUT2D eigenvalue weighted by Crippen LogP contribution is 2.49. The summed E-state index contributed by atoms with van der Waals surface area (Å²) in [5.41, 5.74) is 2.35. The van der Waals surface area contributed by atoms with E-state index in [2.05, 4.69) is 12.1 Å². The van der Waals surface area contributed by atoms with Crippen molar-refractivity contribution in [2.75, 3.05) is 33.7 Å².